The van der Waals surface area contributed by atoms with Crippen LogP contribution < -0.4 is 21.3 Å². The molecular formula is C23H16F4N4O4. The topological polar surface area (TPSA) is 95.2 Å². The molecule has 12 heteroatoms. The van der Waals surface area contributed by atoms with E-state index in [2.05, 4.69) is 15.0 Å². The molecule has 1 N–H and O–H groups in total. The number of alkyl halides is 3. The number of anilines is 1. The number of nitrogens with zero attached hydrogens (tertiary/aromatic N) is 3. The summed E-state index contributed by atoms with van der Waals surface area (Å²) < 4.78 is 55.9. The van der Waals surface area contributed by atoms with Crippen molar-refractivity contribution in [2.45, 2.75) is 19.5 Å². The zero-order valence-corrected chi connectivity index (χ0v) is 17.8. The average molecular weight is 488 g/mol. The van der Waals surface area contributed by atoms with Crippen molar-refractivity contribution in [1.29, 1.82) is 0 Å². The van der Waals surface area contributed by atoms with Gasteiger partial charge in [-0.1, -0.05) is 12.1 Å². The monoisotopic (exact) mass is 488 g/mol. The number of pyridine rings is 1. The van der Waals surface area contributed by atoms with E-state index in [1.807, 2.05) is 0 Å². The Balaban J connectivity index is 1.63. The maximum absolute atomic E-state index is 13.2. The lowest BCUT2D eigenvalue weighted by atomic mass is 10.2. The quantitative estimate of drug-likeness (QED) is 0.421. The lowest BCUT2D eigenvalue weighted by Gasteiger charge is -2.14. The predicted molar refractivity (Wildman–Crippen MR) is 118 cm³/mol. The number of halogens is 4. The summed E-state index contributed by atoms with van der Waals surface area (Å²) in [6.07, 6.45) is -3.48. The Morgan fingerprint density at radius 1 is 0.971 bits per heavy atom. The van der Waals surface area contributed by atoms with Gasteiger partial charge in [-0.25, -0.2) is 14.2 Å². The van der Waals surface area contributed by atoms with E-state index in [-0.39, 0.29) is 23.3 Å². The van der Waals surface area contributed by atoms with Gasteiger partial charge >= 0.3 is 12.1 Å². The van der Waals surface area contributed by atoms with E-state index in [0.29, 0.717) is 5.56 Å². The summed E-state index contributed by atoms with van der Waals surface area (Å²) in [6.45, 7) is -0.682. The highest BCUT2D eigenvalue weighted by molar-refractivity contribution is 5.91. The molecule has 0 atom stereocenters. The zero-order chi connectivity index (χ0) is 25.2. The van der Waals surface area contributed by atoms with Gasteiger partial charge < -0.3 is 10.1 Å². The lowest BCUT2D eigenvalue weighted by molar-refractivity contribution is -0.274. The van der Waals surface area contributed by atoms with Crippen molar-refractivity contribution in [2.75, 3.05) is 5.32 Å². The van der Waals surface area contributed by atoms with E-state index >= 15 is 0 Å². The first-order valence-electron chi connectivity index (χ1n) is 10.1. The SMILES string of the molecule is O=C(Cn1c(=O)n(Cc2ccc(F)cc2)c(=O)c2ncccc21)Nc1ccc(OC(F)(F)F)cc1. The standard InChI is InChI=1S/C23H16F4N4O4/c24-15-5-3-14(4-6-15)12-31-21(33)20-18(2-1-11-28-20)30(22(31)34)13-19(32)29-16-7-9-17(10-8-16)35-23(25,26)27/h1-11H,12-13H2,(H,29,32). The minimum atomic E-state index is -4.85. The molecule has 2 heterocycles. The summed E-state index contributed by atoms with van der Waals surface area (Å²) >= 11 is 0. The van der Waals surface area contributed by atoms with Crippen LogP contribution in [0.3, 0.4) is 0 Å². The molecule has 0 fully saturated rings. The number of hydrogen-bond acceptors (Lipinski definition) is 5. The van der Waals surface area contributed by atoms with Gasteiger partial charge in [0.25, 0.3) is 5.56 Å². The molecule has 0 aliphatic rings. The Kier molecular flexibility index (Phi) is 6.36. The molecule has 180 valence electrons. The minimum absolute atomic E-state index is 0.0457. The first kappa shape index (κ1) is 23.7. The number of amides is 1. The Morgan fingerprint density at radius 3 is 2.31 bits per heavy atom. The van der Waals surface area contributed by atoms with E-state index in [1.54, 1.807) is 0 Å². The molecule has 4 rings (SSSR count). The molecule has 2 aromatic carbocycles. The van der Waals surface area contributed by atoms with Gasteiger partial charge in [-0.2, -0.15) is 0 Å². The number of fused-ring (bicyclic) bond motifs is 1. The Labute approximate surface area is 194 Å². The molecule has 0 aliphatic heterocycles. The first-order chi connectivity index (χ1) is 16.6. The summed E-state index contributed by atoms with van der Waals surface area (Å²) in [5.74, 6) is -1.61. The molecule has 0 bridgehead atoms. The lowest BCUT2D eigenvalue weighted by Crippen LogP contribution is -2.42. The second-order valence-corrected chi connectivity index (χ2v) is 7.38. The molecule has 0 saturated heterocycles. The van der Waals surface area contributed by atoms with Crippen LogP contribution in [0.4, 0.5) is 23.2 Å². The van der Waals surface area contributed by atoms with Crippen LogP contribution in [0, 0.1) is 5.82 Å². The van der Waals surface area contributed by atoms with E-state index in [9.17, 15) is 31.9 Å². The van der Waals surface area contributed by atoms with Crippen molar-refractivity contribution < 1.29 is 27.1 Å². The molecule has 4 aromatic rings. The number of aromatic nitrogens is 3. The van der Waals surface area contributed by atoms with Gasteiger partial charge in [0, 0.05) is 11.9 Å². The normalized spacial score (nSPS) is 11.4. The second kappa shape index (κ2) is 9.41. The molecule has 0 spiro atoms. The van der Waals surface area contributed by atoms with Crippen molar-refractivity contribution in [3.05, 3.63) is 99.1 Å². The fraction of sp³-hybridized carbons (Fsp3) is 0.130. The Morgan fingerprint density at radius 2 is 1.66 bits per heavy atom. The Bertz CT molecular complexity index is 1490. The fourth-order valence-corrected chi connectivity index (χ4v) is 3.39. The highest BCUT2D eigenvalue weighted by atomic mass is 19.4. The molecular weight excluding hydrogens is 472 g/mol. The van der Waals surface area contributed by atoms with Crippen LogP contribution in [-0.4, -0.2) is 26.4 Å². The molecule has 0 radical (unpaired) electrons. The van der Waals surface area contributed by atoms with Gasteiger partial charge in [0.15, 0.2) is 5.52 Å². The average Bonchev–Trinajstić information content (AvgIpc) is 2.81. The smallest absolute Gasteiger partial charge is 0.406 e. The van der Waals surface area contributed by atoms with Crippen LogP contribution in [0.5, 0.6) is 5.75 Å². The van der Waals surface area contributed by atoms with Gasteiger partial charge in [-0.05, 0) is 54.1 Å². The zero-order valence-electron chi connectivity index (χ0n) is 17.8. The van der Waals surface area contributed by atoms with Crippen molar-refractivity contribution >= 4 is 22.6 Å². The van der Waals surface area contributed by atoms with Crippen LogP contribution >= 0.6 is 0 Å². The van der Waals surface area contributed by atoms with Crippen molar-refractivity contribution in [3.8, 4) is 5.75 Å². The third-order valence-corrected chi connectivity index (χ3v) is 4.91. The van der Waals surface area contributed by atoms with Crippen LogP contribution in [0.2, 0.25) is 0 Å². The van der Waals surface area contributed by atoms with Gasteiger partial charge in [-0.15, -0.1) is 13.2 Å². The number of nitrogens with one attached hydrogen (secondary N) is 1. The van der Waals surface area contributed by atoms with Crippen LogP contribution in [-0.2, 0) is 17.9 Å². The molecule has 1 amide bonds. The maximum Gasteiger partial charge on any atom is 0.573 e. The highest BCUT2D eigenvalue weighted by Gasteiger charge is 2.31. The third-order valence-electron chi connectivity index (χ3n) is 4.91. The molecule has 2 aromatic heterocycles. The first-order valence-corrected chi connectivity index (χ1v) is 10.1. The van der Waals surface area contributed by atoms with Crippen LogP contribution in [0.15, 0.2) is 76.4 Å². The molecule has 35 heavy (non-hydrogen) atoms. The van der Waals surface area contributed by atoms with Crippen molar-refractivity contribution in [1.82, 2.24) is 14.1 Å². The number of ether oxygens (including phenoxy) is 1. The van der Waals surface area contributed by atoms with Gasteiger partial charge in [0.05, 0.1) is 12.1 Å². The highest BCUT2D eigenvalue weighted by Crippen LogP contribution is 2.24. The third kappa shape index (κ3) is 5.54. The Hall–Kier alpha value is -4.48. The maximum atomic E-state index is 13.2. The van der Waals surface area contributed by atoms with E-state index in [0.717, 1.165) is 21.3 Å². The number of carbonyl (C=O) groups excluding carboxylic acids is 1. The predicted octanol–water partition coefficient (Wildman–Crippen LogP) is 3.28. The van der Waals surface area contributed by atoms with Crippen LogP contribution in [0.1, 0.15) is 5.56 Å². The number of benzene rings is 2. The summed E-state index contributed by atoms with van der Waals surface area (Å²) in [6, 6.07) is 12.7. The second-order valence-electron chi connectivity index (χ2n) is 7.38. The van der Waals surface area contributed by atoms with Gasteiger partial charge in [-0.3, -0.25) is 18.7 Å². The largest absolute Gasteiger partial charge is 0.573 e. The molecule has 0 saturated carbocycles. The van der Waals surface area contributed by atoms with E-state index in [4.69, 9.17) is 0 Å². The van der Waals surface area contributed by atoms with Gasteiger partial charge in [0.2, 0.25) is 5.91 Å². The number of hydrogen-bond donors (Lipinski definition) is 1. The molecule has 0 unspecified atom stereocenters. The summed E-state index contributed by atoms with van der Waals surface area (Å²) in [5, 5.41) is 2.48. The minimum Gasteiger partial charge on any atom is -0.406 e. The summed E-state index contributed by atoms with van der Waals surface area (Å²) in [7, 11) is 0. The van der Waals surface area contributed by atoms with Crippen LogP contribution in [0.25, 0.3) is 11.0 Å². The number of rotatable bonds is 6. The van der Waals surface area contributed by atoms with E-state index < -0.39 is 41.6 Å². The number of carbonyl (C=O) groups is 1. The molecule has 8 nitrogen and oxygen atoms in total. The molecule has 0 aliphatic carbocycles. The van der Waals surface area contributed by atoms with E-state index in [1.165, 1.54) is 54.7 Å². The van der Waals surface area contributed by atoms with Crippen molar-refractivity contribution in [3.63, 3.8) is 0 Å². The summed E-state index contributed by atoms with van der Waals surface area (Å²) in [4.78, 5) is 42.8. The van der Waals surface area contributed by atoms with Gasteiger partial charge in [0.1, 0.15) is 18.1 Å². The van der Waals surface area contributed by atoms with Crippen molar-refractivity contribution in [2.24, 2.45) is 0 Å². The fourth-order valence-electron chi connectivity index (χ4n) is 3.39. The summed E-state index contributed by atoms with van der Waals surface area (Å²) in [5.41, 5.74) is -0.731.